The first-order valence-electron chi connectivity index (χ1n) is 6.79. The molecule has 110 valence electrons. The van der Waals surface area contributed by atoms with Crippen LogP contribution in [0.5, 0.6) is 0 Å². The molecule has 21 heavy (non-hydrogen) atoms. The highest BCUT2D eigenvalue weighted by Gasteiger charge is 2.20. The second-order valence-electron chi connectivity index (χ2n) is 5.89. The lowest BCUT2D eigenvalue weighted by Crippen LogP contribution is -2.27. The fourth-order valence-electron chi connectivity index (χ4n) is 1.67. The average Bonchev–Trinajstić information content (AvgIpc) is 2.42. The number of rotatable bonds is 3. The molecule has 0 aliphatic carbocycles. The Labute approximate surface area is 124 Å². The maximum absolute atomic E-state index is 13.5. The molecule has 0 heterocycles. The number of hydrogen-bond donors (Lipinski definition) is 2. The molecule has 0 unspecified atom stereocenters. The van der Waals surface area contributed by atoms with Crippen molar-refractivity contribution in [2.75, 3.05) is 10.6 Å². The van der Waals surface area contributed by atoms with Crippen molar-refractivity contribution in [3.05, 3.63) is 54.3 Å². The minimum Gasteiger partial charge on any atom is -0.353 e. The molecule has 0 saturated heterocycles. The van der Waals surface area contributed by atoms with Crippen molar-refractivity contribution >= 4 is 23.0 Å². The van der Waals surface area contributed by atoms with Gasteiger partial charge in [-0.25, -0.2) is 4.39 Å². The lowest BCUT2D eigenvalue weighted by Gasteiger charge is -2.17. The highest BCUT2D eigenvalue weighted by molar-refractivity contribution is 5.94. The fraction of sp³-hybridized carbons (Fsp3) is 0.235. The van der Waals surface area contributed by atoms with Crippen molar-refractivity contribution in [1.29, 1.82) is 0 Å². The van der Waals surface area contributed by atoms with Gasteiger partial charge in [-0.3, -0.25) is 4.79 Å². The van der Waals surface area contributed by atoms with E-state index in [2.05, 4.69) is 10.6 Å². The number of hydrogen-bond acceptors (Lipinski definition) is 2. The van der Waals surface area contributed by atoms with Crippen LogP contribution in [-0.4, -0.2) is 5.91 Å². The van der Waals surface area contributed by atoms with Gasteiger partial charge in [-0.15, -0.1) is 0 Å². The summed E-state index contributed by atoms with van der Waals surface area (Å²) < 4.78 is 13.5. The molecule has 0 fully saturated rings. The SMILES string of the molecule is CC(C)(C)C(=O)Nc1ccc(Nc2ccccc2F)cc1. The Kier molecular flexibility index (Phi) is 4.26. The lowest BCUT2D eigenvalue weighted by molar-refractivity contribution is -0.123. The molecule has 2 aromatic rings. The quantitative estimate of drug-likeness (QED) is 0.868. The van der Waals surface area contributed by atoms with E-state index in [1.54, 1.807) is 42.5 Å². The van der Waals surface area contributed by atoms with E-state index in [0.717, 1.165) is 5.69 Å². The van der Waals surface area contributed by atoms with Crippen LogP contribution in [-0.2, 0) is 4.79 Å². The molecule has 0 aliphatic heterocycles. The molecule has 0 radical (unpaired) electrons. The zero-order valence-electron chi connectivity index (χ0n) is 12.4. The summed E-state index contributed by atoms with van der Waals surface area (Å²) in [6, 6.07) is 13.6. The van der Waals surface area contributed by atoms with Crippen molar-refractivity contribution in [2.24, 2.45) is 5.41 Å². The number of anilines is 3. The third kappa shape index (κ3) is 4.05. The summed E-state index contributed by atoms with van der Waals surface area (Å²) in [5, 5.41) is 5.84. The van der Waals surface area contributed by atoms with Crippen LogP contribution < -0.4 is 10.6 Å². The fourth-order valence-corrected chi connectivity index (χ4v) is 1.67. The van der Waals surface area contributed by atoms with Gasteiger partial charge in [0, 0.05) is 16.8 Å². The Morgan fingerprint density at radius 2 is 1.52 bits per heavy atom. The Balaban J connectivity index is 2.06. The van der Waals surface area contributed by atoms with Crippen molar-refractivity contribution < 1.29 is 9.18 Å². The minimum atomic E-state index is -0.440. The minimum absolute atomic E-state index is 0.0442. The molecule has 0 spiro atoms. The van der Waals surface area contributed by atoms with Gasteiger partial charge in [-0.2, -0.15) is 0 Å². The van der Waals surface area contributed by atoms with Crippen LogP contribution >= 0.6 is 0 Å². The molecular formula is C17H19FN2O. The van der Waals surface area contributed by atoms with Crippen LogP contribution in [0.2, 0.25) is 0 Å². The largest absolute Gasteiger partial charge is 0.353 e. The van der Waals surface area contributed by atoms with Gasteiger partial charge in [-0.1, -0.05) is 32.9 Å². The van der Waals surface area contributed by atoms with Crippen LogP contribution in [0.1, 0.15) is 20.8 Å². The number of carbonyl (C=O) groups is 1. The molecule has 1 amide bonds. The third-order valence-electron chi connectivity index (χ3n) is 2.98. The van der Waals surface area contributed by atoms with Crippen molar-refractivity contribution in [2.45, 2.75) is 20.8 Å². The highest BCUT2D eigenvalue weighted by atomic mass is 19.1. The van der Waals surface area contributed by atoms with Gasteiger partial charge in [0.2, 0.25) is 5.91 Å². The molecule has 0 saturated carbocycles. The molecule has 0 aromatic heterocycles. The molecule has 4 heteroatoms. The van der Waals surface area contributed by atoms with Crippen molar-refractivity contribution in [3.63, 3.8) is 0 Å². The zero-order chi connectivity index (χ0) is 15.5. The summed E-state index contributed by atoms with van der Waals surface area (Å²) in [7, 11) is 0. The van der Waals surface area contributed by atoms with E-state index in [9.17, 15) is 9.18 Å². The summed E-state index contributed by atoms with van der Waals surface area (Å²) in [6.45, 7) is 5.57. The highest BCUT2D eigenvalue weighted by Crippen LogP contribution is 2.22. The normalized spacial score (nSPS) is 11.0. The third-order valence-corrected chi connectivity index (χ3v) is 2.98. The van der Waals surface area contributed by atoms with Crippen LogP contribution in [0.25, 0.3) is 0 Å². The number of halogens is 1. The maximum Gasteiger partial charge on any atom is 0.229 e. The maximum atomic E-state index is 13.5. The predicted octanol–water partition coefficient (Wildman–Crippen LogP) is 4.55. The van der Waals surface area contributed by atoms with Crippen LogP contribution in [0.3, 0.4) is 0 Å². The zero-order valence-corrected chi connectivity index (χ0v) is 12.4. The summed E-state index contributed by atoms with van der Waals surface area (Å²) >= 11 is 0. The van der Waals surface area contributed by atoms with E-state index in [0.29, 0.717) is 11.4 Å². The van der Waals surface area contributed by atoms with Gasteiger partial charge >= 0.3 is 0 Å². The first-order chi connectivity index (χ1) is 9.86. The first kappa shape index (κ1) is 15.0. The van der Waals surface area contributed by atoms with Crippen LogP contribution in [0.15, 0.2) is 48.5 Å². The smallest absolute Gasteiger partial charge is 0.229 e. The summed E-state index contributed by atoms with van der Waals surface area (Å²) in [5.41, 5.74) is 1.45. The monoisotopic (exact) mass is 286 g/mol. The van der Waals surface area contributed by atoms with Gasteiger partial charge in [0.05, 0.1) is 5.69 Å². The van der Waals surface area contributed by atoms with Gasteiger partial charge in [0.1, 0.15) is 5.82 Å². The number of carbonyl (C=O) groups excluding carboxylic acids is 1. The molecule has 2 N–H and O–H groups in total. The van der Waals surface area contributed by atoms with Crippen molar-refractivity contribution in [3.8, 4) is 0 Å². The predicted molar refractivity (Wildman–Crippen MR) is 84.2 cm³/mol. The molecule has 0 bridgehead atoms. The number of amides is 1. The van der Waals surface area contributed by atoms with Gasteiger partial charge in [0.25, 0.3) is 0 Å². The molecule has 2 aromatic carbocycles. The van der Waals surface area contributed by atoms with Gasteiger partial charge in [0.15, 0.2) is 0 Å². The molecule has 0 aliphatic rings. The van der Waals surface area contributed by atoms with Crippen LogP contribution in [0, 0.1) is 11.2 Å². The summed E-state index contributed by atoms with van der Waals surface area (Å²) in [5.74, 6) is -0.347. The molecule has 0 atom stereocenters. The summed E-state index contributed by atoms with van der Waals surface area (Å²) in [4.78, 5) is 11.9. The number of nitrogens with one attached hydrogen (secondary N) is 2. The Morgan fingerprint density at radius 3 is 2.10 bits per heavy atom. The van der Waals surface area contributed by atoms with E-state index in [-0.39, 0.29) is 11.7 Å². The Hall–Kier alpha value is -2.36. The number of para-hydroxylation sites is 1. The Bertz CT molecular complexity index is 630. The van der Waals surface area contributed by atoms with E-state index in [1.165, 1.54) is 6.07 Å². The average molecular weight is 286 g/mol. The second kappa shape index (κ2) is 5.95. The van der Waals surface area contributed by atoms with E-state index in [4.69, 9.17) is 0 Å². The lowest BCUT2D eigenvalue weighted by atomic mass is 9.95. The number of benzene rings is 2. The molecule has 2 rings (SSSR count). The standard InChI is InChI=1S/C17H19FN2O/c1-17(2,3)16(21)20-13-10-8-12(9-11-13)19-15-7-5-4-6-14(15)18/h4-11,19H,1-3H3,(H,20,21). The summed E-state index contributed by atoms with van der Waals surface area (Å²) in [6.07, 6.45) is 0. The topological polar surface area (TPSA) is 41.1 Å². The van der Waals surface area contributed by atoms with E-state index in [1.807, 2.05) is 20.8 Å². The Morgan fingerprint density at radius 1 is 0.952 bits per heavy atom. The van der Waals surface area contributed by atoms with E-state index >= 15 is 0 Å². The molecule has 3 nitrogen and oxygen atoms in total. The first-order valence-corrected chi connectivity index (χ1v) is 6.79. The van der Waals surface area contributed by atoms with Crippen molar-refractivity contribution in [1.82, 2.24) is 0 Å². The van der Waals surface area contributed by atoms with Gasteiger partial charge in [-0.05, 0) is 36.4 Å². The van der Waals surface area contributed by atoms with E-state index < -0.39 is 5.41 Å². The second-order valence-corrected chi connectivity index (χ2v) is 5.89. The molecular weight excluding hydrogens is 267 g/mol. The van der Waals surface area contributed by atoms with Gasteiger partial charge < -0.3 is 10.6 Å². The van der Waals surface area contributed by atoms with Crippen LogP contribution in [0.4, 0.5) is 21.5 Å².